The summed E-state index contributed by atoms with van der Waals surface area (Å²) in [5.74, 6) is -1.51. The quantitative estimate of drug-likeness (QED) is 0.324. The summed E-state index contributed by atoms with van der Waals surface area (Å²) < 4.78 is 34.9. The van der Waals surface area contributed by atoms with Crippen molar-refractivity contribution in [2.24, 2.45) is 5.92 Å². The third-order valence-corrected chi connectivity index (χ3v) is 4.51. The second kappa shape index (κ2) is 8.11. The van der Waals surface area contributed by atoms with Gasteiger partial charge in [-0.25, -0.2) is 8.98 Å². The molecule has 9 nitrogen and oxygen atoms in total. The molecule has 1 aromatic rings. The van der Waals surface area contributed by atoms with Gasteiger partial charge in [-0.3, -0.25) is 10.1 Å². The van der Waals surface area contributed by atoms with Crippen LogP contribution in [0.1, 0.15) is 34.6 Å². The van der Waals surface area contributed by atoms with Crippen molar-refractivity contribution in [3.63, 3.8) is 0 Å². The van der Waals surface area contributed by atoms with Crippen molar-refractivity contribution in [2.45, 2.75) is 57.3 Å². The fraction of sp³-hybridized carbons (Fsp3) is 0.562. The normalized spacial score (nSPS) is 14.7. The molecule has 0 aliphatic rings. The molecule has 0 radical (unpaired) electrons. The fourth-order valence-electron chi connectivity index (χ4n) is 1.87. The van der Waals surface area contributed by atoms with E-state index in [1.54, 1.807) is 34.6 Å². The van der Waals surface area contributed by atoms with Crippen LogP contribution in [0.2, 0.25) is 0 Å². The SMILES string of the molecule is CC(C)[C@@H](O)[C@H](OS(=O)(=O)c1ccc([N+](=O)[O-])cc1)C(=O)OC(C)(C)C. The largest absolute Gasteiger partial charge is 0.458 e. The number of benzene rings is 1. The summed E-state index contributed by atoms with van der Waals surface area (Å²) in [6, 6.07) is 3.97. The molecule has 1 aromatic carbocycles. The van der Waals surface area contributed by atoms with Crippen LogP contribution in [0.4, 0.5) is 5.69 Å². The Hall–Kier alpha value is -2.04. The van der Waals surface area contributed by atoms with Crippen LogP contribution in [0.15, 0.2) is 29.2 Å². The first-order chi connectivity index (χ1) is 11.7. The maximum Gasteiger partial charge on any atom is 0.340 e. The number of ether oxygens (including phenoxy) is 1. The predicted molar refractivity (Wildman–Crippen MR) is 91.8 cm³/mol. The standard InChI is InChI=1S/C16H23NO8S/c1-10(2)13(18)14(15(19)24-16(3,4)5)25-26(22,23)12-8-6-11(7-9-12)17(20)21/h6-10,13-14,18H,1-5H3/t13-,14+/m1/s1. The lowest BCUT2D eigenvalue weighted by atomic mass is 10.0. The summed E-state index contributed by atoms with van der Waals surface area (Å²) in [5, 5.41) is 20.9. The number of rotatable bonds is 7. The Bertz CT molecular complexity index is 749. The summed E-state index contributed by atoms with van der Waals surface area (Å²) in [4.78, 5) is 21.9. The summed E-state index contributed by atoms with van der Waals surface area (Å²) >= 11 is 0. The van der Waals surface area contributed by atoms with Gasteiger partial charge < -0.3 is 9.84 Å². The van der Waals surface area contributed by atoms with Gasteiger partial charge in [0.2, 0.25) is 6.10 Å². The lowest BCUT2D eigenvalue weighted by molar-refractivity contribution is -0.384. The highest BCUT2D eigenvalue weighted by Gasteiger charge is 2.38. The van der Waals surface area contributed by atoms with Crippen molar-refractivity contribution in [1.29, 1.82) is 0 Å². The van der Waals surface area contributed by atoms with Crippen LogP contribution >= 0.6 is 0 Å². The van der Waals surface area contributed by atoms with Gasteiger partial charge in [-0.1, -0.05) is 13.8 Å². The molecule has 10 heteroatoms. The highest BCUT2D eigenvalue weighted by Crippen LogP contribution is 2.23. The molecule has 0 amide bonds. The Kier molecular flexibility index (Phi) is 6.86. The maximum absolute atomic E-state index is 12.4. The molecule has 0 bridgehead atoms. The van der Waals surface area contributed by atoms with E-state index in [0.29, 0.717) is 0 Å². The lowest BCUT2D eigenvalue weighted by Crippen LogP contribution is -2.44. The van der Waals surface area contributed by atoms with Crippen molar-refractivity contribution in [1.82, 2.24) is 0 Å². The topological polar surface area (TPSA) is 133 Å². The van der Waals surface area contributed by atoms with Crippen LogP contribution in [0.25, 0.3) is 0 Å². The molecule has 0 spiro atoms. The zero-order valence-corrected chi connectivity index (χ0v) is 16.0. The number of aliphatic hydroxyl groups excluding tert-OH is 1. The molecule has 0 saturated heterocycles. The van der Waals surface area contributed by atoms with Gasteiger partial charge in [0, 0.05) is 12.1 Å². The van der Waals surface area contributed by atoms with Gasteiger partial charge >= 0.3 is 5.97 Å². The Labute approximate surface area is 152 Å². The van der Waals surface area contributed by atoms with E-state index in [1.165, 1.54) is 0 Å². The Balaban J connectivity index is 3.15. The second-order valence-electron chi connectivity index (χ2n) is 6.99. The van der Waals surface area contributed by atoms with E-state index < -0.39 is 44.7 Å². The number of carbonyl (C=O) groups excluding carboxylic acids is 1. The number of non-ortho nitro benzene ring substituents is 1. The average Bonchev–Trinajstić information content (AvgIpc) is 2.50. The smallest absolute Gasteiger partial charge is 0.340 e. The number of aliphatic hydroxyl groups is 1. The monoisotopic (exact) mass is 389 g/mol. The van der Waals surface area contributed by atoms with Crippen LogP contribution in [0, 0.1) is 16.0 Å². The van der Waals surface area contributed by atoms with Crippen LogP contribution in [-0.2, 0) is 23.8 Å². The fourth-order valence-corrected chi connectivity index (χ4v) is 2.92. The number of nitro benzene ring substituents is 1. The highest BCUT2D eigenvalue weighted by atomic mass is 32.2. The highest BCUT2D eigenvalue weighted by molar-refractivity contribution is 7.86. The third kappa shape index (κ3) is 6.04. The van der Waals surface area contributed by atoms with E-state index in [1.807, 2.05) is 0 Å². The summed E-state index contributed by atoms with van der Waals surface area (Å²) in [7, 11) is -4.46. The van der Waals surface area contributed by atoms with E-state index in [4.69, 9.17) is 8.92 Å². The summed E-state index contributed by atoms with van der Waals surface area (Å²) in [5.41, 5.74) is -1.21. The first-order valence-electron chi connectivity index (χ1n) is 7.83. The zero-order chi connectivity index (χ0) is 20.3. The van der Waals surface area contributed by atoms with Gasteiger partial charge in [0.15, 0.2) is 0 Å². The number of carbonyl (C=O) groups is 1. The number of hydrogen-bond donors (Lipinski definition) is 1. The van der Waals surface area contributed by atoms with Crippen molar-refractivity contribution in [3.8, 4) is 0 Å². The maximum atomic E-state index is 12.4. The molecule has 1 rings (SSSR count). The molecule has 0 saturated carbocycles. The van der Waals surface area contributed by atoms with E-state index in [9.17, 15) is 28.4 Å². The molecule has 2 atom stereocenters. The average molecular weight is 389 g/mol. The molecule has 0 fully saturated rings. The minimum absolute atomic E-state index is 0.296. The zero-order valence-electron chi connectivity index (χ0n) is 15.2. The second-order valence-corrected chi connectivity index (χ2v) is 8.56. The molecular weight excluding hydrogens is 366 g/mol. The van der Waals surface area contributed by atoms with Crippen LogP contribution in [0.5, 0.6) is 0 Å². The van der Waals surface area contributed by atoms with E-state index >= 15 is 0 Å². The predicted octanol–water partition coefficient (Wildman–Crippen LogP) is 2.03. The van der Waals surface area contributed by atoms with Crippen LogP contribution in [-0.4, -0.2) is 42.2 Å². The van der Waals surface area contributed by atoms with Crippen LogP contribution in [0.3, 0.4) is 0 Å². The summed E-state index contributed by atoms with van der Waals surface area (Å²) in [6.07, 6.45) is -3.20. The van der Waals surface area contributed by atoms with Gasteiger partial charge in [-0.15, -0.1) is 0 Å². The Morgan fingerprint density at radius 3 is 2.08 bits per heavy atom. The Morgan fingerprint density at radius 1 is 1.19 bits per heavy atom. The van der Waals surface area contributed by atoms with Crippen molar-refractivity contribution >= 4 is 21.8 Å². The molecule has 0 aromatic heterocycles. The van der Waals surface area contributed by atoms with Crippen molar-refractivity contribution in [2.75, 3.05) is 0 Å². The molecule has 0 aliphatic heterocycles. The van der Waals surface area contributed by atoms with Gasteiger partial charge in [-0.2, -0.15) is 8.42 Å². The van der Waals surface area contributed by atoms with Gasteiger partial charge in [0.1, 0.15) is 5.60 Å². The number of hydrogen-bond acceptors (Lipinski definition) is 8. The van der Waals surface area contributed by atoms with Gasteiger partial charge in [0.25, 0.3) is 15.8 Å². The van der Waals surface area contributed by atoms with Crippen molar-refractivity contribution in [3.05, 3.63) is 34.4 Å². The van der Waals surface area contributed by atoms with Gasteiger partial charge in [-0.05, 0) is 38.8 Å². The van der Waals surface area contributed by atoms with E-state index in [0.717, 1.165) is 24.3 Å². The van der Waals surface area contributed by atoms with Crippen LogP contribution < -0.4 is 0 Å². The minimum atomic E-state index is -4.46. The van der Waals surface area contributed by atoms with E-state index in [-0.39, 0.29) is 10.6 Å². The summed E-state index contributed by atoms with van der Waals surface area (Å²) in [6.45, 7) is 7.95. The number of nitrogens with zero attached hydrogens (tertiary/aromatic N) is 1. The molecule has 0 aliphatic carbocycles. The molecular formula is C16H23NO8S. The van der Waals surface area contributed by atoms with Gasteiger partial charge in [0.05, 0.1) is 15.9 Å². The number of nitro groups is 1. The lowest BCUT2D eigenvalue weighted by Gasteiger charge is -2.27. The first kappa shape index (κ1) is 22.0. The molecule has 26 heavy (non-hydrogen) atoms. The van der Waals surface area contributed by atoms with E-state index in [2.05, 4.69) is 0 Å². The van der Waals surface area contributed by atoms with Crippen molar-refractivity contribution < 1.29 is 32.2 Å². The molecule has 0 heterocycles. The molecule has 1 N–H and O–H groups in total. The molecule has 0 unspecified atom stereocenters. The first-order valence-corrected chi connectivity index (χ1v) is 9.24. The third-order valence-electron chi connectivity index (χ3n) is 3.20. The molecule has 146 valence electrons. The Morgan fingerprint density at radius 2 is 1.69 bits per heavy atom. The number of esters is 1. The minimum Gasteiger partial charge on any atom is -0.458 e.